The van der Waals surface area contributed by atoms with E-state index in [0.29, 0.717) is 13.1 Å². The van der Waals surface area contributed by atoms with Crippen molar-refractivity contribution in [3.8, 4) is 0 Å². The Labute approximate surface area is 139 Å². The van der Waals surface area contributed by atoms with E-state index in [4.69, 9.17) is 0 Å². The lowest BCUT2D eigenvalue weighted by atomic mass is 10.1. The van der Waals surface area contributed by atoms with Gasteiger partial charge in [0.2, 0.25) is 17.8 Å². The second kappa shape index (κ2) is 7.69. The van der Waals surface area contributed by atoms with E-state index < -0.39 is 0 Å². The van der Waals surface area contributed by atoms with Gasteiger partial charge < -0.3 is 10.6 Å². The molecular weight excluding hydrogens is 308 g/mol. The minimum Gasteiger partial charge on any atom is -0.350 e. The van der Waals surface area contributed by atoms with Gasteiger partial charge in [0.15, 0.2) is 0 Å². The molecule has 1 unspecified atom stereocenters. The Morgan fingerprint density at radius 2 is 2.12 bits per heavy atom. The first kappa shape index (κ1) is 16.1. The van der Waals surface area contributed by atoms with Gasteiger partial charge in [-0.2, -0.15) is 0 Å². The average molecular weight is 328 g/mol. The van der Waals surface area contributed by atoms with Crippen LogP contribution in [0.2, 0.25) is 0 Å². The van der Waals surface area contributed by atoms with E-state index in [9.17, 15) is 9.59 Å². The topological polar surface area (TPSA) is 101 Å². The van der Waals surface area contributed by atoms with Gasteiger partial charge in [-0.05, 0) is 18.5 Å². The smallest absolute Gasteiger partial charge is 0.248 e. The van der Waals surface area contributed by atoms with Crippen LogP contribution < -0.4 is 16.0 Å². The van der Waals surface area contributed by atoms with Crippen LogP contribution in [-0.4, -0.2) is 39.7 Å². The molecule has 0 bridgehead atoms. The zero-order chi connectivity index (χ0) is 16.8. The monoisotopic (exact) mass is 328 g/mol. The Hall–Kier alpha value is -2.74. The van der Waals surface area contributed by atoms with E-state index in [-0.39, 0.29) is 30.2 Å². The number of carbonyl (C=O) groups excluding carboxylic acids is 2. The van der Waals surface area contributed by atoms with Crippen LogP contribution in [0.5, 0.6) is 0 Å². The normalized spacial score (nSPS) is 16.8. The summed E-state index contributed by atoms with van der Waals surface area (Å²) in [5.74, 6) is -0.0817. The fourth-order valence-electron chi connectivity index (χ4n) is 2.52. The van der Waals surface area contributed by atoms with Gasteiger partial charge in [-0.3, -0.25) is 14.9 Å². The molecule has 3 N–H and O–H groups in total. The maximum Gasteiger partial charge on any atom is 0.248 e. The van der Waals surface area contributed by atoms with Crippen molar-refractivity contribution in [1.29, 1.82) is 0 Å². The first-order chi connectivity index (χ1) is 11.7. The van der Waals surface area contributed by atoms with Crippen molar-refractivity contribution in [1.82, 2.24) is 25.4 Å². The van der Waals surface area contributed by atoms with Gasteiger partial charge in [-0.1, -0.05) is 30.3 Å². The van der Waals surface area contributed by atoms with Crippen LogP contribution in [0, 0.1) is 5.92 Å². The van der Waals surface area contributed by atoms with Gasteiger partial charge in [-0.25, -0.2) is 9.67 Å². The number of hydrogen-bond acceptors (Lipinski definition) is 5. The Morgan fingerprint density at radius 1 is 1.29 bits per heavy atom. The number of hydrogen-bond donors (Lipinski definition) is 3. The molecule has 1 atom stereocenters. The van der Waals surface area contributed by atoms with E-state index in [1.54, 1.807) is 0 Å². The number of carbonyl (C=O) groups is 2. The predicted octanol–water partition coefficient (Wildman–Crippen LogP) is 0.143. The lowest BCUT2D eigenvalue weighted by molar-refractivity contribution is -0.122. The number of amides is 2. The minimum absolute atomic E-state index is 0.0499. The van der Waals surface area contributed by atoms with E-state index in [2.05, 4.69) is 26.0 Å². The van der Waals surface area contributed by atoms with Crippen LogP contribution in [-0.2, 0) is 22.7 Å². The van der Waals surface area contributed by atoms with E-state index >= 15 is 0 Å². The van der Waals surface area contributed by atoms with Crippen molar-refractivity contribution in [3.05, 3.63) is 42.2 Å². The summed E-state index contributed by atoms with van der Waals surface area (Å²) in [6.07, 6.45) is 2.25. The summed E-state index contributed by atoms with van der Waals surface area (Å²) in [7, 11) is 0. The maximum atomic E-state index is 12.0. The standard InChI is InChI=1S/C16H20N6O2/c23-14(18-8-12-4-2-1-3-5-12)10-22-11-19-16(21-22)20-15(24)13-6-7-17-9-13/h1-5,11,13,17H,6-10H2,(H,18,23)(H,20,21,24). The molecule has 1 saturated heterocycles. The summed E-state index contributed by atoms with van der Waals surface area (Å²) in [5, 5.41) is 12.7. The van der Waals surface area contributed by atoms with Crippen molar-refractivity contribution >= 4 is 17.8 Å². The second-order valence-corrected chi connectivity index (χ2v) is 5.71. The minimum atomic E-state index is -0.165. The molecule has 1 aliphatic heterocycles. The summed E-state index contributed by atoms with van der Waals surface area (Å²) in [5.41, 5.74) is 1.03. The molecule has 1 aromatic carbocycles. The zero-order valence-electron chi connectivity index (χ0n) is 13.2. The Kier molecular flexibility index (Phi) is 5.17. The third-order valence-electron chi connectivity index (χ3n) is 3.84. The third-order valence-corrected chi connectivity index (χ3v) is 3.84. The average Bonchev–Trinajstić information content (AvgIpc) is 3.26. The van der Waals surface area contributed by atoms with Crippen molar-refractivity contribution in [2.45, 2.75) is 19.5 Å². The molecule has 0 spiro atoms. The highest BCUT2D eigenvalue weighted by Gasteiger charge is 2.23. The maximum absolute atomic E-state index is 12.0. The van der Waals surface area contributed by atoms with Gasteiger partial charge in [-0.15, -0.1) is 5.10 Å². The van der Waals surface area contributed by atoms with Crippen molar-refractivity contribution in [2.24, 2.45) is 5.92 Å². The van der Waals surface area contributed by atoms with Crippen molar-refractivity contribution in [2.75, 3.05) is 18.4 Å². The summed E-state index contributed by atoms with van der Waals surface area (Å²) in [6, 6.07) is 9.67. The van der Waals surface area contributed by atoms with Crippen molar-refractivity contribution < 1.29 is 9.59 Å². The number of aromatic nitrogens is 3. The predicted molar refractivity (Wildman–Crippen MR) is 87.9 cm³/mol. The van der Waals surface area contributed by atoms with Crippen LogP contribution in [0.1, 0.15) is 12.0 Å². The Bertz CT molecular complexity index is 694. The molecule has 24 heavy (non-hydrogen) atoms. The third kappa shape index (κ3) is 4.39. The fraction of sp³-hybridized carbons (Fsp3) is 0.375. The number of nitrogens with one attached hydrogen (secondary N) is 3. The number of benzene rings is 1. The molecule has 126 valence electrons. The highest BCUT2D eigenvalue weighted by molar-refractivity contribution is 5.91. The Balaban J connectivity index is 1.46. The molecule has 0 aliphatic carbocycles. The quantitative estimate of drug-likeness (QED) is 0.700. The van der Waals surface area contributed by atoms with Gasteiger partial charge >= 0.3 is 0 Å². The number of rotatable bonds is 6. The first-order valence-electron chi connectivity index (χ1n) is 7.92. The lowest BCUT2D eigenvalue weighted by Crippen LogP contribution is -2.27. The zero-order valence-corrected chi connectivity index (χ0v) is 13.2. The molecule has 3 rings (SSSR count). The highest BCUT2D eigenvalue weighted by atomic mass is 16.2. The highest BCUT2D eigenvalue weighted by Crippen LogP contribution is 2.10. The second-order valence-electron chi connectivity index (χ2n) is 5.71. The van der Waals surface area contributed by atoms with Crippen LogP contribution in [0.15, 0.2) is 36.7 Å². The molecule has 1 aliphatic rings. The summed E-state index contributed by atoms with van der Waals surface area (Å²) in [6.45, 7) is 2.04. The fourth-order valence-corrected chi connectivity index (χ4v) is 2.52. The van der Waals surface area contributed by atoms with Crippen LogP contribution in [0.4, 0.5) is 5.95 Å². The van der Waals surface area contributed by atoms with E-state index in [1.807, 2.05) is 30.3 Å². The van der Waals surface area contributed by atoms with Gasteiger partial charge in [0, 0.05) is 13.1 Å². The van der Waals surface area contributed by atoms with Crippen LogP contribution in [0.25, 0.3) is 0 Å². The number of anilines is 1. The lowest BCUT2D eigenvalue weighted by Gasteiger charge is -2.06. The van der Waals surface area contributed by atoms with Crippen molar-refractivity contribution in [3.63, 3.8) is 0 Å². The summed E-state index contributed by atoms with van der Waals surface area (Å²) < 4.78 is 1.41. The molecule has 1 fully saturated rings. The Morgan fingerprint density at radius 3 is 2.88 bits per heavy atom. The molecule has 8 nitrogen and oxygen atoms in total. The molecule has 8 heteroatoms. The van der Waals surface area contributed by atoms with Crippen LogP contribution in [0.3, 0.4) is 0 Å². The summed E-state index contributed by atoms with van der Waals surface area (Å²) >= 11 is 0. The molecule has 0 radical (unpaired) electrons. The van der Waals surface area contributed by atoms with Gasteiger partial charge in [0.05, 0.1) is 5.92 Å². The van der Waals surface area contributed by atoms with Crippen LogP contribution >= 0.6 is 0 Å². The molecule has 0 saturated carbocycles. The number of nitrogens with zero attached hydrogens (tertiary/aromatic N) is 3. The van der Waals surface area contributed by atoms with E-state index in [0.717, 1.165) is 18.5 Å². The molecule has 2 heterocycles. The first-order valence-corrected chi connectivity index (χ1v) is 7.92. The van der Waals surface area contributed by atoms with E-state index in [1.165, 1.54) is 11.0 Å². The SMILES string of the molecule is O=C(Cn1cnc(NC(=O)C2CCNC2)n1)NCc1ccccc1. The molecule has 1 aromatic heterocycles. The molecule has 2 aromatic rings. The summed E-state index contributed by atoms with van der Waals surface area (Å²) in [4.78, 5) is 27.9. The van der Waals surface area contributed by atoms with Gasteiger partial charge in [0.1, 0.15) is 12.9 Å². The van der Waals surface area contributed by atoms with Gasteiger partial charge in [0.25, 0.3) is 0 Å². The largest absolute Gasteiger partial charge is 0.350 e. The molecule has 2 amide bonds. The molecular formula is C16H20N6O2.